The predicted octanol–water partition coefficient (Wildman–Crippen LogP) is 2.91. The quantitative estimate of drug-likeness (QED) is 0.877. The summed E-state index contributed by atoms with van der Waals surface area (Å²) >= 11 is 0. The molecule has 1 aromatic carbocycles. The maximum atomic E-state index is 14.0. The van der Waals surface area contributed by atoms with Gasteiger partial charge in [0.2, 0.25) is 0 Å². The highest BCUT2D eigenvalue weighted by Gasteiger charge is 2.37. The summed E-state index contributed by atoms with van der Waals surface area (Å²) in [5.41, 5.74) is 1.10. The highest BCUT2D eigenvalue weighted by molar-refractivity contribution is 6.08. The van der Waals surface area contributed by atoms with E-state index in [0.29, 0.717) is 11.4 Å². The number of nitrogens with zero attached hydrogens (tertiary/aromatic N) is 2. The minimum absolute atomic E-state index is 0.0298. The van der Waals surface area contributed by atoms with E-state index in [1.54, 1.807) is 0 Å². The zero-order valence-corrected chi connectivity index (χ0v) is 11.1. The molecule has 1 N–H and O–H groups in total. The summed E-state index contributed by atoms with van der Waals surface area (Å²) in [5, 5.41) is 9.58. The van der Waals surface area contributed by atoms with Gasteiger partial charge in [-0.25, -0.2) is 18.6 Å². The van der Waals surface area contributed by atoms with Crippen molar-refractivity contribution in [3.05, 3.63) is 35.0 Å². The van der Waals surface area contributed by atoms with Crippen LogP contribution < -0.4 is 4.90 Å². The number of pyridine rings is 1. The summed E-state index contributed by atoms with van der Waals surface area (Å²) in [6.07, 6.45) is 1.79. The van der Waals surface area contributed by atoms with Gasteiger partial charge in [0.1, 0.15) is 11.3 Å². The fourth-order valence-corrected chi connectivity index (χ4v) is 3.50. The zero-order chi connectivity index (χ0) is 14.7. The Kier molecular flexibility index (Phi) is 2.46. The van der Waals surface area contributed by atoms with E-state index >= 15 is 0 Å². The van der Waals surface area contributed by atoms with E-state index in [1.807, 2.05) is 4.90 Å². The van der Waals surface area contributed by atoms with Crippen LogP contribution in [0.2, 0.25) is 0 Å². The molecule has 0 aliphatic carbocycles. The summed E-state index contributed by atoms with van der Waals surface area (Å²) in [6, 6.07) is 1.80. The molecule has 0 saturated carbocycles. The van der Waals surface area contributed by atoms with Crippen molar-refractivity contribution >= 4 is 22.6 Å². The van der Waals surface area contributed by atoms with Crippen molar-refractivity contribution in [3.63, 3.8) is 0 Å². The molecule has 1 aromatic heterocycles. The summed E-state index contributed by atoms with van der Waals surface area (Å²) in [5.74, 6) is -2.61. The maximum absolute atomic E-state index is 14.0. The van der Waals surface area contributed by atoms with Gasteiger partial charge < -0.3 is 10.0 Å². The van der Waals surface area contributed by atoms with E-state index in [0.717, 1.165) is 38.1 Å². The minimum atomic E-state index is -1.17. The molecule has 1 fully saturated rings. The summed E-state index contributed by atoms with van der Waals surface area (Å²) in [6.45, 7) is 1.53. The van der Waals surface area contributed by atoms with Crippen LogP contribution in [0.1, 0.15) is 34.8 Å². The number of rotatable bonds is 1. The number of hydrogen-bond acceptors (Lipinski definition) is 3. The number of halogens is 2. The first-order valence-corrected chi connectivity index (χ1v) is 6.87. The SMILES string of the molecule is O=C(O)c1c2c(nc3c(F)cc(F)cc13)C1CCN2CC1. The van der Waals surface area contributed by atoms with Crippen molar-refractivity contribution in [2.24, 2.45) is 0 Å². The molecule has 1 saturated heterocycles. The minimum Gasteiger partial charge on any atom is -0.478 e. The van der Waals surface area contributed by atoms with Crippen LogP contribution in [0.5, 0.6) is 0 Å². The van der Waals surface area contributed by atoms with Crippen LogP contribution >= 0.6 is 0 Å². The number of hydrogen-bond donors (Lipinski definition) is 1. The van der Waals surface area contributed by atoms with Gasteiger partial charge in [-0.1, -0.05) is 0 Å². The number of anilines is 1. The molecular formula is C15H12F2N2O2. The lowest BCUT2D eigenvalue weighted by Gasteiger charge is -2.42. The second-order valence-corrected chi connectivity index (χ2v) is 5.57. The first-order chi connectivity index (χ1) is 10.1. The van der Waals surface area contributed by atoms with Gasteiger partial charge >= 0.3 is 5.97 Å². The molecule has 6 heteroatoms. The third kappa shape index (κ3) is 1.65. The van der Waals surface area contributed by atoms with E-state index < -0.39 is 17.6 Å². The summed E-state index contributed by atoms with van der Waals surface area (Å²) in [7, 11) is 0. The molecule has 0 unspecified atom stereocenters. The van der Waals surface area contributed by atoms with Gasteiger partial charge in [-0.3, -0.25) is 0 Å². The van der Waals surface area contributed by atoms with Crippen molar-refractivity contribution in [1.29, 1.82) is 0 Å². The monoisotopic (exact) mass is 290 g/mol. The lowest BCUT2D eigenvalue weighted by atomic mass is 9.84. The topological polar surface area (TPSA) is 53.4 Å². The van der Waals surface area contributed by atoms with Gasteiger partial charge in [0.15, 0.2) is 5.82 Å². The van der Waals surface area contributed by atoms with Crippen LogP contribution in [0.4, 0.5) is 14.5 Å². The Balaban J connectivity index is 2.17. The molecule has 0 amide bonds. The fourth-order valence-electron chi connectivity index (χ4n) is 3.50. The molecule has 2 aromatic rings. The Hall–Kier alpha value is -2.24. The first-order valence-electron chi connectivity index (χ1n) is 6.87. The standard InChI is InChI=1S/C15H12F2N2O2/c16-8-5-9-11(15(20)21)14-12(18-13(9)10(17)6-8)7-1-3-19(14)4-2-7/h5-7H,1-4H2,(H,20,21). The molecular weight excluding hydrogens is 278 g/mol. The van der Waals surface area contributed by atoms with E-state index in [2.05, 4.69) is 4.98 Å². The number of carboxylic acid groups (broad SMARTS) is 1. The Morgan fingerprint density at radius 3 is 2.67 bits per heavy atom. The second kappa shape index (κ2) is 4.13. The molecule has 4 heterocycles. The van der Waals surface area contributed by atoms with E-state index in [-0.39, 0.29) is 22.4 Å². The summed E-state index contributed by atoms with van der Waals surface area (Å²) < 4.78 is 27.5. The molecule has 4 nitrogen and oxygen atoms in total. The summed E-state index contributed by atoms with van der Waals surface area (Å²) in [4.78, 5) is 18.0. The molecule has 3 aliphatic rings. The van der Waals surface area contributed by atoms with Gasteiger partial charge in [-0.15, -0.1) is 0 Å². The molecule has 0 atom stereocenters. The maximum Gasteiger partial charge on any atom is 0.338 e. The smallest absolute Gasteiger partial charge is 0.338 e. The molecule has 21 heavy (non-hydrogen) atoms. The van der Waals surface area contributed by atoms with Gasteiger partial charge in [0.05, 0.1) is 16.9 Å². The first kappa shape index (κ1) is 12.5. The molecule has 108 valence electrons. The number of carboxylic acids is 1. The number of fused-ring (bicyclic) bond motifs is 3. The molecule has 2 bridgehead atoms. The number of benzene rings is 1. The van der Waals surface area contributed by atoms with Gasteiger partial charge in [-0.05, 0) is 18.9 Å². The fraction of sp³-hybridized carbons (Fsp3) is 0.333. The average molecular weight is 290 g/mol. The molecule has 0 spiro atoms. The highest BCUT2D eigenvalue weighted by Crippen LogP contribution is 2.45. The number of aromatic carboxylic acids is 1. The lowest BCUT2D eigenvalue weighted by Crippen LogP contribution is -2.40. The molecule has 3 aliphatic heterocycles. The zero-order valence-electron chi connectivity index (χ0n) is 11.1. The van der Waals surface area contributed by atoms with Crippen molar-refractivity contribution in [3.8, 4) is 0 Å². The van der Waals surface area contributed by atoms with Crippen LogP contribution in [0.3, 0.4) is 0 Å². The van der Waals surface area contributed by atoms with Gasteiger partial charge in [0.25, 0.3) is 0 Å². The highest BCUT2D eigenvalue weighted by atomic mass is 19.1. The van der Waals surface area contributed by atoms with Crippen LogP contribution in [0.15, 0.2) is 12.1 Å². The van der Waals surface area contributed by atoms with Crippen LogP contribution in [0.25, 0.3) is 10.9 Å². The predicted molar refractivity (Wildman–Crippen MR) is 72.8 cm³/mol. The Morgan fingerprint density at radius 2 is 2.00 bits per heavy atom. The van der Waals surface area contributed by atoms with Crippen molar-refractivity contribution in [2.45, 2.75) is 18.8 Å². The number of carbonyl (C=O) groups is 1. The van der Waals surface area contributed by atoms with E-state index in [4.69, 9.17) is 0 Å². The average Bonchev–Trinajstić information content (AvgIpc) is 2.46. The normalized spacial score (nSPS) is 17.3. The van der Waals surface area contributed by atoms with Crippen molar-refractivity contribution < 1.29 is 18.7 Å². The number of piperidine rings is 1. The third-order valence-corrected chi connectivity index (χ3v) is 4.42. The van der Waals surface area contributed by atoms with E-state index in [9.17, 15) is 18.7 Å². The lowest BCUT2D eigenvalue weighted by molar-refractivity contribution is 0.0699. The van der Waals surface area contributed by atoms with Crippen LogP contribution in [0, 0.1) is 11.6 Å². The van der Waals surface area contributed by atoms with Gasteiger partial charge in [-0.2, -0.15) is 0 Å². The second-order valence-electron chi connectivity index (χ2n) is 5.57. The van der Waals surface area contributed by atoms with Crippen molar-refractivity contribution in [1.82, 2.24) is 4.98 Å². The largest absolute Gasteiger partial charge is 0.478 e. The molecule has 5 rings (SSSR count). The Labute approximate surface area is 119 Å². The molecule has 0 radical (unpaired) electrons. The van der Waals surface area contributed by atoms with Gasteiger partial charge in [0, 0.05) is 30.5 Å². The van der Waals surface area contributed by atoms with Crippen LogP contribution in [-0.4, -0.2) is 29.1 Å². The van der Waals surface area contributed by atoms with E-state index in [1.165, 1.54) is 0 Å². The van der Waals surface area contributed by atoms with Crippen molar-refractivity contribution in [2.75, 3.05) is 18.0 Å². The number of aromatic nitrogens is 1. The Morgan fingerprint density at radius 1 is 1.29 bits per heavy atom. The Bertz CT molecular complexity index is 783. The third-order valence-electron chi connectivity index (χ3n) is 4.42. The van der Waals surface area contributed by atoms with Crippen LogP contribution in [-0.2, 0) is 0 Å².